The van der Waals surface area contributed by atoms with Gasteiger partial charge < -0.3 is 15.0 Å². The monoisotopic (exact) mass is 378 g/mol. The number of nitrogens with one attached hydrogen (secondary N) is 2. The van der Waals surface area contributed by atoms with Crippen LogP contribution in [0.25, 0.3) is 0 Å². The normalized spacial score (nSPS) is 20.3. The number of rotatable bonds is 6. The van der Waals surface area contributed by atoms with E-state index >= 15 is 0 Å². The minimum absolute atomic E-state index is 0.00531. The lowest BCUT2D eigenvalue weighted by molar-refractivity contribution is -0.122. The quantitative estimate of drug-likeness (QED) is 0.721. The number of anilines is 1. The van der Waals surface area contributed by atoms with Crippen LogP contribution in [0.3, 0.4) is 0 Å². The molecule has 1 saturated heterocycles. The van der Waals surface area contributed by atoms with E-state index in [1.807, 2.05) is 6.19 Å². The van der Waals surface area contributed by atoms with Gasteiger partial charge in [-0.15, -0.1) is 0 Å². The third-order valence-electron chi connectivity index (χ3n) is 4.85. The average Bonchev–Trinajstić information content (AvgIpc) is 3.00. The summed E-state index contributed by atoms with van der Waals surface area (Å²) < 4.78 is 33.4. The SMILES string of the molecule is COc1ccc(NC(=O)C2CCC2)cc1S(=O)(=O)NC1CCN(C#N)C1. The number of amides is 1. The number of hydrogen-bond acceptors (Lipinski definition) is 6. The van der Waals surface area contributed by atoms with Gasteiger partial charge in [0.25, 0.3) is 0 Å². The van der Waals surface area contributed by atoms with Crippen LogP contribution in [0.1, 0.15) is 25.7 Å². The number of methoxy groups -OCH3 is 1. The molecule has 2 aliphatic rings. The Morgan fingerprint density at radius 1 is 1.35 bits per heavy atom. The second-order valence-corrected chi connectivity index (χ2v) is 8.32. The second kappa shape index (κ2) is 7.51. The fourth-order valence-electron chi connectivity index (χ4n) is 3.11. The van der Waals surface area contributed by atoms with Crippen LogP contribution in [0, 0.1) is 17.4 Å². The fraction of sp³-hybridized carbons (Fsp3) is 0.529. The summed E-state index contributed by atoms with van der Waals surface area (Å²) in [7, 11) is -2.45. The van der Waals surface area contributed by atoms with E-state index in [-0.39, 0.29) is 28.5 Å². The standard InChI is InChI=1S/C17H22N4O4S/c1-25-15-6-5-13(19-17(22)12-3-2-4-12)9-16(15)26(23,24)20-14-7-8-21(10-14)11-18/h5-6,9,12,14,20H,2-4,7-8,10H2,1H3,(H,19,22). The van der Waals surface area contributed by atoms with Crippen molar-refractivity contribution in [1.82, 2.24) is 9.62 Å². The van der Waals surface area contributed by atoms with Crippen LogP contribution in [0.5, 0.6) is 5.75 Å². The van der Waals surface area contributed by atoms with E-state index in [2.05, 4.69) is 10.0 Å². The van der Waals surface area contributed by atoms with Crippen LogP contribution in [0.4, 0.5) is 5.69 Å². The molecule has 1 atom stereocenters. The molecule has 1 heterocycles. The number of benzene rings is 1. The van der Waals surface area contributed by atoms with E-state index in [1.165, 1.54) is 24.1 Å². The summed E-state index contributed by atoms with van der Waals surface area (Å²) >= 11 is 0. The Morgan fingerprint density at radius 2 is 2.12 bits per heavy atom. The molecule has 1 amide bonds. The van der Waals surface area contributed by atoms with E-state index in [0.29, 0.717) is 25.2 Å². The van der Waals surface area contributed by atoms with Gasteiger partial charge in [0.1, 0.15) is 10.6 Å². The summed E-state index contributed by atoms with van der Waals surface area (Å²) in [5, 5.41) is 11.7. The van der Waals surface area contributed by atoms with Gasteiger partial charge in [-0.3, -0.25) is 4.79 Å². The zero-order chi connectivity index (χ0) is 18.7. The summed E-state index contributed by atoms with van der Waals surface area (Å²) in [6.07, 6.45) is 5.36. The molecule has 2 fully saturated rings. The Balaban J connectivity index is 1.78. The number of sulfonamides is 1. The van der Waals surface area contributed by atoms with Gasteiger partial charge in [-0.1, -0.05) is 6.42 Å². The Bertz CT molecular complexity index is 830. The molecule has 9 heteroatoms. The summed E-state index contributed by atoms with van der Waals surface area (Å²) in [5.74, 6) is 0.123. The van der Waals surface area contributed by atoms with E-state index in [4.69, 9.17) is 10.00 Å². The Labute approximate surface area is 153 Å². The maximum atomic E-state index is 12.8. The first-order chi connectivity index (χ1) is 12.4. The van der Waals surface area contributed by atoms with Crippen molar-refractivity contribution in [2.75, 3.05) is 25.5 Å². The van der Waals surface area contributed by atoms with Crippen LogP contribution in [0.15, 0.2) is 23.1 Å². The van der Waals surface area contributed by atoms with Gasteiger partial charge in [0.05, 0.1) is 7.11 Å². The summed E-state index contributed by atoms with van der Waals surface area (Å²) in [6, 6.07) is 4.23. The van der Waals surface area contributed by atoms with Crippen LogP contribution < -0.4 is 14.8 Å². The van der Waals surface area contributed by atoms with Crippen molar-refractivity contribution in [3.05, 3.63) is 18.2 Å². The van der Waals surface area contributed by atoms with Crippen molar-refractivity contribution in [3.63, 3.8) is 0 Å². The molecule has 26 heavy (non-hydrogen) atoms. The lowest BCUT2D eigenvalue weighted by atomic mass is 9.85. The van der Waals surface area contributed by atoms with Crippen LogP contribution in [-0.2, 0) is 14.8 Å². The summed E-state index contributed by atoms with van der Waals surface area (Å²) in [6.45, 7) is 0.870. The number of nitrogens with zero attached hydrogens (tertiary/aromatic N) is 2. The van der Waals surface area contributed by atoms with Gasteiger partial charge in [0.15, 0.2) is 6.19 Å². The molecular weight excluding hydrogens is 356 g/mol. The maximum Gasteiger partial charge on any atom is 0.244 e. The van der Waals surface area contributed by atoms with E-state index < -0.39 is 10.0 Å². The molecule has 0 aromatic heterocycles. The highest BCUT2D eigenvalue weighted by Gasteiger charge is 2.29. The maximum absolute atomic E-state index is 12.8. The molecule has 140 valence electrons. The zero-order valence-electron chi connectivity index (χ0n) is 14.6. The number of nitriles is 1. The first kappa shape index (κ1) is 18.5. The fourth-order valence-corrected chi connectivity index (χ4v) is 4.57. The first-order valence-corrected chi connectivity index (χ1v) is 10.1. The number of carbonyl (C=O) groups excluding carboxylic acids is 1. The number of ether oxygens (including phenoxy) is 1. The molecule has 1 aliphatic carbocycles. The molecule has 1 aliphatic heterocycles. The van der Waals surface area contributed by atoms with Crippen molar-refractivity contribution in [2.24, 2.45) is 5.92 Å². The molecule has 1 saturated carbocycles. The van der Waals surface area contributed by atoms with Crippen LogP contribution in [-0.4, -0.2) is 45.5 Å². The highest BCUT2D eigenvalue weighted by molar-refractivity contribution is 7.89. The molecule has 3 rings (SSSR count). The minimum atomic E-state index is -3.85. The minimum Gasteiger partial charge on any atom is -0.495 e. The predicted molar refractivity (Wildman–Crippen MR) is 94.9 cm³/mol. The van der Waals surface area contributed by atoms with E-state index in [0.717, 1.165) is 19.3 Å². The highest BCUT2D eigenvalue weighted by Crippen LogP contribution is 2.30. The van der Waals surface area contributed by atoms with Crippen molar-refractivity contribution in [2.45, 2.75) is 36.6 Å². The first-order valence-electron chi connectivity index (χ1n) is 8.59. The third kappa shape index (κ3) is 3.92. The van der Waals surface area contributed by atoms with Crippen molar-refractivity contribution in [1.29, 1.82) is 5.26 Å². The lowest BCUT2D eigenvalue weighted by Crippen LogP contribution is -2.36. The van der Waals surface area contributed by atoms with Gasteiger partial charge in [-0.2, -0.15) is 5.26 Å². The highest BCUT2D eigenvalue weighted by atomic mass is 32.2. The molecule has 0 radical (unpaired) electrons. The molecule has 8 nitrogen and oxygen atoms in total. The number of hydrogen-bond donors (Lipinski definition) is 2. The molecule has 0 spiro atoms. The van der Waals surface area contributed by atoms with Crippen molar-refractivity contribution >= 4 is 21.6 Å². The topological polar surface area (TPSA) is 112 Å². The average molecular weight is 378 g/mol. The summed E-state index contributed by atoms with van der Waals surface area (Å²) in [5.41, 5.74) is 0.424. The van der Waals surface area contributed by atoms with Crippen LogP contribution >= 0.6 is 0 Å². The van der Waals surface area contributed by atoms with Gasteiger partial charge in [0, 0.05) is 30.7 Å². The number of likely N-dealkylation sites (tertiary alicyclic amines) is 1. The Hall–Kier alpha value is -2.31. The second-order valence-electron chi connectivity index (χ2n) is 6.64. The zero-order valence-corrected chi connectivity index (χ0v) is 15.4. The van der Waals surface area contributed by atoms with Crippen molar-refractivity contribution < 1.29 is 17.9 Å². The Kier molecular flexibility index (Phi) is 5.34. The largest absolute Gasteiger partial charge is 0.495 e. The molecule has 1 aromatic carbocycles. The van der Waals surface area contributed by atoms with Gasteiger partial charge in [-0.25, -0.2) is 13.1 Å². The molecule has 1 unspecified atom stereocenters. The third-order valence-corrected chi connectivity index (χ3v) is 6.39. The van der Waals surface area contributed by atoms with Gasteiger partial charge in [0.2, 0.25) is 15.9 Å². The molecule has 0 bridgehead atoms. The van der Waals surface area contributed by atoms with Crippen LogP contribution in [0.2, 0.25) is 0 Å². The lowest BCUT2D eigenvalue weighted by Gasteiger charge is -2.24. The van der Waals surface area contributed by atoms with E-state index in [9.17, 15) is 13.2 Å². The molecule has 1 aromatic rings. The Morgan fingerprint density at radius 3 is 2.69 bits per heavy atom. The number of carbonyl (C=O) groups is 1. The van der Waals surface area contributed by atoms with E-state index in [1.54, 1.807) is 6.07 Å². The molecule has 2 N–H and O–H groups in total. The molecular formula is C17H22N4O4S. The predicted octanol–water partition coefficient (Wildman–Crippen LogP) is 1.27. The smallest absolute Gasteiger partial charge is 0.244 e. The van der Waals surface area contributed by atoms with Gasteiger partial charge in [-0.05, 0) is 37.5 Å². The van der Waals surface area contributed by atoms with Gasteiger partial charge >= 0.3 is 0 Å². The van der Waals surface area contributed by atoms with Crippen molar-refractivity contribution in [3.8, 4) is 11.9 Å². The summed E-state index contributed by atoms with van der Waals surface area (Å²) in [4.78, 5) is 13.6.